The van der Waals surface area contributed by atoms with Gasteiger partial charge in [-0.3, -0.25) is 0 Å². The van der Waals surface area contributed by atoms with Crippen LogP contribution in [0.1, 0.15) is 48.5 Å². The molecule has 1 saturated heterocycles. The van der Waals surface area contributed by atoms with E-state index in [4.69, 9.17) is 14.0 Å². The van der Waals surface area contributed by atoms with Gasteiger partial charge in [-0.1, -0.05) is 0 Å². The zero-order chi connectivity index (χ0) is 18.6. The molecule has 1 aliphatic heterocycles. The van der Waals surface area contributed by atoms with Crippen molar-refractivity contribution in [3.05, 3.63) is 18.5 Å². The molecule has 7 nitrogen and oxygen atoms in total. The molecule has 0 bridgehead atoms. The van der Waals surface area contributed by atoms with Crippen molar-refractivity contribution in [3.63, 3.8) is 0 Å². The van der Waals surface area contributed by atoms with Gasteiger partial charge in [-0.15, -0.1) is 4.68 Å². The Morgan fingerprint density at radius 1 is 1.20 bits per heavy atom. The quantitative estimate of drug-likeness (QED) is 0.740. The second-order valence-electron chi connectivity index (χ2n) is 8.26. The minimum Gasteiger partial charge on any atom is -0.442 e. The van der Waals surface area contributed by atoms with E-state index in [1.807, 2.05) is 33.8 Å². The molecule has 0 aromatic carbocycles. The summed E-state index contributed by atoms with van der Waals surface area (Å²) in [5.74, 6) is 0. The smallest absolute Gasteiger partial charge is 0.442 e. The zero-order valence-electron chi connectivity index (χ0n) is 15.8. The molecule has 1 fully saturated rings. The van der Waals surface area contributed by atoms with Gasteiger partial charge in [-0.2, -0.15) is 5.10 Å². The second-order valence-corrected chi connectivity index (χ2v) is 8.26. The lowest BCUT2D eigenvalue weighted by atomic mass is 9.78. The second kappa shape index (κ2) is 5.54. The minimum atomic E-state index is -0.612. The van der Waals surface area contributed by atoms with Crippen LogP contribution in [0.5, 0.6) is 0 Å². The first-order chi connectivity index (χ1) is 11.4. The molecular formula is C17H24BN3O4. The van der Waals surface area contributed by atoms with Crippen molar-refractivity contribution in [2.45, 2.75) is 65.3 Å². The lowest BCUT2D eigenvalue weighted by molar-refractivity contribution is 0.00578. The van der Waals surface area contributed by atoms with Crippen molar-refractivity contribution in [1.29, 1.82) is 0 Å². The number of rotatable bonds is 1. The number of pyridine rings is 1. The molecule has 0 unspecified atom stereocenters. The van der Waals surface area contributed by atoms with E-state index in [-0.39, 0.29) is 0 Å². The first-order valence-electron chi connectivity index (χ1n) is 8.33. The van der Waals surface area contributed by atoms with Crippen LogP contribution in [0.15, 0.2) is 18.5 Å². The highest BCUT2D eigenvalue weighted by molar-refractivity contribution is 6.65. The first-order valence-corrected chi connectivity index (χ1v) is 8.33. The monoisotopic (exact) mass is 345 g/mol. The normalized spacial score (nSPS) is 19.4. The van der Waals surface area contributed by atoms with E-state index in [2.05, 4.69) is 10.1 Å². The summed E-state index contributed by atoms with van der Waals surface area (Å²) in [4.78, 5) is 16.6. The molecule has 8 heteroatoms. The van der Waals surface area contributed by atoms with E-state index >= 15 is 0 Å². The van der Waals surface area contributed by atoms with Crippen LogP contribution in [0.2, 0.25) is 0 Å². The molecule has 2 aromatic heterocycles. The minimum absolute atomic E-state index is 0.418. The van der Waals surface area contributed by atoms with Crippen LogP contribution in [0.4, 0.5) is 4.79 Å². The lowest BCUT2D eigenvalue weighted by Crippen LogP contribution is -2.41. The molecule has 0 saturated carbocycles. The molecule has 134 valence electrons. The van der Waals surface area contributed by atoms with Crippen LogP contribution in [0.25, 0.3) is 11.0 Å². The topological polar surface area (TPSA) is 75.5 Å². The molecular weight excluding hydrogens is 321 g/mol. The van der Waals surface area contributed by atoms with Crippen molar-refractivity contribution in [2.24, 2.45) is 0 Å². The van der Waals surface area contributed by atoms with E-state index in [0.717, 1.165) is 10.1 Å². The molecule has 3 heterocycles. The molecule has 25 heavy (non-hydrogen) atoms. The molecule has 1 aliphatic rings. The highest BCUT2D eigenvalue weighted by atomic mass is 16.7. The van der Waals surface area contributed by atoms with Crippen LogP contribution in [0, 0.1) is 0 Å². The van der Waals surface area contributed by atoms with Gasteiger partial charge in [0.15, 0.2) is 5.65 Å². The number of carbonyl (C=O) groups is 1. The Balaban J connectivity index is 1.99. The third-order valence-corrected chi connectivity index (χ3v) is 4.58. The molecule has 0 radical (unpaired) electrons. The number of ether oxygens (including phenoxy) is 1. The summed E-state index contributed by atoms with van der Waals surface area (Å²) in [6.45, 7) is 13.4. The van der Waals surface area contributed by atoms with E-state index in [1.165, 1.54) is 0 Å². The Kier molecular flexibility index (Phi) is 3.96. The number of fused-ring (bicyclic) bond motifs is 1. The van der Waals surface area contributed by atoms with Crippen molar-refractivity contribution < 1.29 is 18.8 Å². The standard InChI is InChI=1S/C17H24BN3O4/c1-15(2,3)23-14(22)21-13-11(10-20-21)12(8-9-19-13)18-24-16(4,5)17(6,7)25-18/h8-10H,1-7H3. The third kappa shape index (κ3) is 3.16. The van der Waals surface area contributed by atoms with Gasteiger partial charge in [-0.25, -0.2) is 9.78 Å². The summed E-state index contributed by atoms with van der Waals surface area (Å²) in [6.07, 6.45) is 2.64. The summed E-state index contributed by atoms with van der Waals surface area (Å²) in [6, 6.07) is 1.82. The van der Waals surface area contributed by atoms with E-state index in [9.17, 15) is 4.79 Å². The van der Waals surface area contributed by atoms with Gasteiger partial charge < -0.3 is 14.0 Å². The molecule has 0 aliphatic carbocycles. The van der Waals surface area contributed by atoms with Crippen molar-refractivity contribution >= 4 is 29.7 Å². The zero-order valence-corrected chi connectivity index (χ0v) is 15.8. The number of carbonyl (C=O) groups excluding carboxylic acids is 1. The fourth-order valence-corrected chi connectivity index (χ4v) is 2.56. The largest absolute Gasteiger partial charge is 0.495 e. The molecule has 0 spiro atoms. The van der Waals surface area contributed by atoms with Gasteiger partial charge in [0.25, 0.3) is 0 Å². The van der Waals surface area contributed by atoms with Gasteiger partial charge in [0, 0.05) is 11.6 Å². The highest BCUT2D eigenvalue weighted by Crippen LogP contribution is 2.36. The maximum absolute atomic E-state index is 12.3. The van der Waals surface area contributed by atoms with Crippen LogP contribution in [-0.4, -0.2) is 44.8 Å². The van der Waals surface area contributed by atoms with Gasteiger partial charge in [0.05, 0.1) is 17.4 Å². The molecule has 0 amide bonds. The maximum atomic E-state index is 12.3. The Morgan fingerprint density at radius 3 is 2.36 bits per heavy atom. The highest BCUT2D eigenvalue weighted by Gasteiger charge is 2.52. The number of hydrogen-bond donors (Lipinski definition) is 0. The SMILES string of the molecule is CC(C)(C)OC(=O)n1ncc2c(B3OC(C)(C)C(C)(C)O3)ccnc21. The predicted molar refractivity (Wildman–Crippen MR) is 94.9 cm³/mol. The third-order valence-electron chi connectivity index (χ3n) is 4.58. The molecule has 0 N–H and O–H groups in total. The van der Waals surface area contributed by atoms with Gasteiger partial charge >= 0.3 is 13.2 Å². The summed E-state index contributed by atoms with van der Waals surface area (Å²) in [7, 11) is -0.549. The fourth-order valence-electron chi connectivity index (χ4n) is 2.56. The van der Waals surface area contributed by atoms with E-state index in [0.29, 0.717) is 11.0 Å². The van der Waals surface area contributed by atoms with Crippen LogP contribution < -0.4 is 5.46 Å². The fraction of sp³-hybridized carbons (Fsp3) is 0.588. The Morgan fingerprint density at radius 2 is 1.80 bits per heavy atom. The summed E-state index contributed by atoms with van der Waals surface area (Å²) < 4.78 is 18.8. The number of nitrogens with zero attached hydrogens (tertiary/aromatic N) is 3. The molecule has 0 atom stereocenters. The summed E-state index contributed by atoms with van der Waals surface area (Å²) in [5.41, 5.74) is -0.304. The van der Waals surface area contributed by atoms with E-state index < -0.39 is 30.0 Å². The number of aromatic nitrogens is 3. The van der Waals surface area contributed by atoms with Gasteiger partial charge in [0.2, 0.25) is 0 Å². The first kappa shape index (κ1) is 17.9. The Hall–Kier alpha value is -1.93. The Labute approximate surface area is 147 Å². The van der Waals surface area contributed by atoms with Gasteiger partial charge in [-0.05, 0) is 60.0 Å². The van der Waals surface area contributed by atoms with E-state index in [1.54, 1.807) is 33.2 Å². The number of hydrogen-bond acceptors (Lipinski definition) is 6. The average molecular weight is 345 g/mol. The molecule has 3 rings (SSSR count). The Bertz CT molecular complexity index is 807. The van der Waals surface area contributed by atoms with Gasteiger partial charge in [0.1, 0.15) is 5.60 Å². The molecule has 2 aromatic rings. The van der Waals surface area contributed by atoms with Crippen molar-refractivity contribution in [1.82, 2.24) is 14.8 Å². The van der Waals surface area contributed by atoms with Crippen LogP contribution in [0.3, 0.4) is 0 Å². The maximum Gasteiger partial charge on any atom is 0.495 e. The van der Waals surface area contributed by atoms with Crippen molar-refractivity contribution in [2.75, 3.05) is 0 Å². The predicted octanol–water partition coefficient (Wildman–Crippen LogP) is 2.51. The average Bonchev–Trinajstić information content (AvgIpc) is 2.95. The summed E-state index contributed by atoms with van der Waals surface area (Å²) in [5, 5.41) is 4.85. The van der Waals surface area contributed by atoms with Crippen molar-refractivity contribution in [3.8, 4) is 0 Å². The van der Waals surface area contributed by atoms with Crippen LogP contribution in [-0.2, 0) is 14.0 Å². The summed E-state index contributed by atoms with van der Waals surface area (Å²) >= 11 is 0. The lowest BCUT2D eigenvalue weighted by Gasteiger charge is -2.32. The van der Waals surface area contributed by atoms with Crippen LogP contribution >= 0.6 is 0 Å².